The van der Waals surface area contributed by atoms with E-state index in [4.69, 9.17) is 14.9 Å². The average molecular weight is 396 g/mol. The van der Waals surface area contributed by atoms with Gasteiger partial charge in [-0.2, -0.15) is 0 Å². The quantitative estimate of drug-likeness (QED) is 0.412. The number of rotatable bonds is 4. The summed E-state index contributed by atoms with van der Waals surface area (Å²) in [6.07, 6.45) is 6.73. The van der Waals surface area contributed by atoms with Crippen molar-refractivity contribution in [3.63, 3.8) is 0 Å². The lowest BCUT2D eigenvalue weighted by atomic mass is 10.2. The highest BCUT2D eigenvalue weighted by Gasteiger charge is 2.27. The van der Waals surface area contributed by atoms with Crippen LogP contribution in [0.2, 0.25) is 0 Å². The molecule has 3 heterocycles. The lowest BCUT2D eigenvalue weighted by molar-refractivity contribution is -0.127. The predicted molar refractivity (Wildman–Crippen MR) is 109 cm³/mol. The van der Waals surface area contributed by atoms with Crippen LogP contribution in [0, 0.1) is 0 Å². The van der Waals surface area contributed by atoms with E-state index in [1.807, 2.05) is 49.7 Å². The molecule has 1 aliphatic rings. The van der Waals surface area contributed by atoms with Crippen LogP contribution in [0.1, 0.15) is 46.8 Å². The molecule has 2 atom stereocenters. The smallest absolute Gasteiger partial charge is 0.166 e. The average Bonchev–Trinajstić information content (AvgIpc) is 3.26. The van der Waals surface area contributed by atoms with Gasteiger partial charge in [0.15, 0.2) is 11.6 Å². The van der Waals surface area contributed by atoms with Crippen molar-refractivity contribution in [2.24, 2.45) is 4.99 Å². The lowest BCUT2D eigenvalue weighted by Crippen LogP contribution is -2.15. The van der Waals surface area contributed by atoms with Gasteiger partial charge in [0, 0.05) is 20.3 Å². The normalized spacial score (nSPS) is 19.2. The molecule has 0 bridgehead atoms. The first-order valence-electron chi connectivity index (χ1n) is 9.42. The van der Waals surface area contributed by atoms with Gasteiger partial charge in [0.05, 0.1) is 24.4 Å². The Labute approximate surface area is 166 Å². The topological polar surface area (TPSA) is 116 Å². The Kier molecular flexibility index (Phi) is 9.47. The minimum atomic E-state index is -1.50. The second-order valence-electron chi connectivity index (χ2n) is 6.83. The van der Waals surface area contributed by atoms with Crippen molar-refractivity contribution in [1.82, 2.24) is 19.4 Å². The summed E-state index contributed by atoms with van der Waals surface area (Å²) >= 11 is 0. The summed E-state index contributed by atoms with van der Waals surface area (Å²) in [6, 6.07) is 1.95. The van der Waals surface area contributed by atoms with Crippen molar-refractivity contribution in [3.8, 4) is 0 Å². The Bertz CT molecular complexity index is 733. The number of aliphatic imine (C=N–C) groups is 1. The van der Waals surface area contributed by atoms with Gasteiger partial charge in [-0.25, -0.2) is 15.0 Å². The van der Waals surface area contributed by atoms with Crippen LogP contribution in [0.25, 0.3) is 11.0 Å². The highest BCUT2D eigenvalue weighted by molar-refractivity contribution is 5.87. The van der Waals surface area contributed by atoms with Gasteiger partial charge in [0.25, 0.3) is 0 Å². The number of aliphatic hydroxyl groups is 3. The number of hydrogen-bond donors (Lipinski definition) is 3. The molecule has 0 spiro atoms. The summed E-state index contributed by atoms with van der Waals surface area (Å²) in [4.78, 5) is 14.8. The minimum Gasteiger partial charge on any atom is -0.394 e. The molecule has 0 aliphatic carbocycles. The Morgan fingerprint density at radius 1 is 1.29 bits per heavy atom. The van der Waals surface area contributed by atoms with Crippen LogP contribution in [-0.2, 0) is 4.74 Å². The summed E-state index contributed by atoms with van der Waals surface area (Å²) in [5.74, 6) is -0.857. The molecule has 0 radical (unpaired) electrons. The lowest BCUT2D eigenvalue weighted by Gasteiger charge is -2.14. The van der Waals surface area contributed by atoms with E-state index in [-0.39, 0.29) is 18.9 Å². The fourth-order valence-electron chi connectivity index (χ4n) is 2.49. The first-order valence-corrected chi connectivity index (χ1v) is 9.42. The molecule has 3 rings (SSSR count). The molecule has 2 aromatic heterocycles. The van der Waals surface area contributed by atoms with E-state index >= 15 is 0 Å². The van der Waals surface area contributed by atoms with Crippen LogP contribution >= 0.6 is 0 Å². The third-order valence-corrected chi connectivity index (χ3v) is 3.50. The van der Waals surface area contributed by atoms with Gasteiger partial charge in [-0.15, -0.1) is 0 Å². The van der Waals surface area contributed by atoms with E-state index in [1.165, 1.54) is 20.2 Å². The molecule has 0 amide bonds. The van der Waals surface area contributed by atoms with Gasteiger partial charge in [-0.3, -0.25) is 0 Å². The molecule has 9 heteroatoms. The highest BCUT2D eigenvalue weighted by atomic mass is 16.5. The summed E-state index contributed by atoms with van der Waals surface area (Å²) in [6.45, 7) is 6.66. The van der Waals surface area contributed by atoms with E-state index in [1.54, 1.807) is 6.34 Å². The molecule has 3 N–H and O–H groups in total. The molecule has 1 aliphatic heterocycles. The van der Waals surface area contributed by atoms with Gasteiger partial charge in [0.2, 0.25) is 0 Å². The minimum absolute atomic E-state index is 0.0586. The second-order valence-corrected chi connectivity index (χ2v) is 6.83. The Balaban J connectivity index is 0.000000490. The van der Waals surface area contributed by atoms with E-state index < -0.39 is 5.79 Å². The summed E-state index contributed by atoms with van der Waals surface area (Å²) in [5, 5.41) is 26.2. The number of nitrogens with zero attached hydrogens (tertiary/aromatic N) is 5. The number of aromatic nitrogens is 3. The van der Waals surface area contributed by atoms with Crippen LogP contribution in [0.5, 0.6) is 0 Å². The van der Waals surface area contributed by atoms with Gasteiger partial charge in [-0.1, -0.05) is 13.8 Å². The zero-order valence-electron chi connectivity index (χ0n) is 17.6. The van der Waals surface area contributed by atoms with Gasteiger partial charge < -0.3 is 29.5 Å². The van der Waals surface area contributed by atoms with Gasteiger partial charge in [-0.05, 0) is 32.8 Å². The zero-order valence-corrected chi connectivity index (χ0v) is 17.6. The highest BCUT2D eigenvalue weighted by Crippen LogP contribution is 2.32. The van der Waals surface area contributed by atoms with Crippen LogP contribution < -0.4 is 0 Å². The van der Waals surface area contributed by atoms with E-state index in [9.17, 15) is 5.11 Å². The Morgan fingerprint density at radius 2 is 1.93 bits per heavy atom. The molecule has 0 aromatic carbocycles. The van der Waals surface area contributed by atoms with E-state index in [0.29, 0.717) is 5.82 Å². The SMILES string of the molecule is CC.CC(C)(O)O.CN(C)/C=N/c1ncnc2c1ccn2C1CC[C@@H](CO)O1. The Morgan fingerprint density at radius 3 is 2.46 bits per heavy atom. The maximum atomic E-state index is 9.18. The third kappa shape index (κ3) is 7.51. The van der Waals surface area contributed by atoms with Crippen molar-refractivity contribution in [1.29, 1.82) is 0 Å². The number of fused-ring (bicyclic) bond motifs is 1. The maximum absolute atomic E-state index is 9.18. The molecular weight excluding hydrogens is 362 g/mol. The van der Waals surface area contributed by atoms with Gasteiger partial charge >= 0.3 is 0 Å². The number of aliphatic hydroxyl groups excluding tert-OH is 1. The fourth-order valence-corrected chi connectivity index (χ4v) is 2.49. The number of ether oxygens (including phenoxy) is 1. The van der Waals surface area contributed by atoms with Crippen molar-refractivity contribution < 1.29 is 20.1 Å². The predicted octanol–water partition coefficient (Wildman–Crippen LogP) is 2.06. The largest absolute Gasteiger partial charge is 0.394 e. The van der Waals surface area contributed by atoms with Crippen molar-refractivity contribution in [2.75, 3.05) is 20.7 Å². The summed E-state index contributed by atoms with van der Waals surface area (Å²) < 4.78 is 7.79. The fraction of sp³-hybridized carbons (Fsp3) is 0.632. The zero-order chi connectivity index (χ0) is 21.3. The Hall–Kier alpha value is -2.07. The van der Waals surface area contributed by atoms with E-state index in [2.05, 4.69) is 15.0 Å². The molecule has 2 aromatic rings. The molecule has 9 nitrogen and oxygen atoms in total. The monoisotopic (exact) mass is 395 g/mol. The summed E-state index contributed by atoms with van der Waals surface area (Å²) in [5.41, 5.74) is 0.805. The molecule has 28 heavy (non-hydrogen) atoms. The second kappa shape index (κ2) is 11.1. The summed E-state index contributed by atoms with van der Waals surface area (Å²) in [7, 11) is 3.82. The van der Waals surface area contributed by atoms with Crippen LogP contribution in [-0.4, -0.2) is 73.7 Å². The first-order chi connectivity index (χ1) is 13.2. The van der Waals surface area contributed by atoms with Crippen molar-refractivity contribution in [3.05, 3.63) is 18.6 Å². The van der Waals surface area contributed by atoms with Crippen molar-refractivity contribution >= 4 is 23.2 Å². The molecule has 0 saturated carbocycles. The standard InChI is InChI=1S/C14H19N5O2.C3H8O2.C2H6/c1-18(2)9-17-13-11-5-6-19(14(11)16-8-15-13)12-4-3-10(7-20)21-12;1-3(2,4)5;1-2/h5-6,8-10,12,20H,3-4,7H2,1-2H3;4-5H,1-2H3;1-2H3/b17-9+;;/t10-,12?;;/m0../s1. The molecule has 158 valence electrons. The van der Waals surface area contributed by atoms with Gasteiger partial charge in [0.1, 0.15) is 18.2 Å². The van der Waals surface area contributed by atoms with Crippen LogP contribution in [0.15, 0.2) is 23.6 Å². The maximum Gasteiger partial charge on any atom is 0.166 e. The third-order valence-electron chi connectivity index (χ3n) is 3.50. The molecular formula is C19H33N5O4. The number of hydrogen-bond acceptors (Lipinski definition) is 7. The van der Waals surface area contributed by atoms with Crippen molar-refractivity contribution in [2.45, 2.75) is 58.7 Å². The molecule has 1 fully saturated rings. The van der Waals surface area contributed by atoms with Crippen LogP contribution in [0.4, 0.5) is 5.82 Å². The molecule has 1 unspecified atom stereocenters. The molecule has 1 saturated heterocycles. The first kappa shape index (κ1) is 24.0. The van der Waals surface area contributed by atoms with Crippen LogP contribution in [0.3, 0.4) is 0 Å². The van der Waals surface area contributed by atoms with E-state index in [0.717, 1.165) is 23.9 Å².